The van der Waals surface area contributed by atoms with E-state index in [0.29, 0.717) is 43.3 Å². The number of H-pyrrole nitrogens is 1. The number of ether oxygens (including phenoxy) is 1. The maximum Gasteiger partial charge on any atom is 0.251 e. The SMILES string of the molecule is N#Cc1c(OCc2ccc(CN)cc2)n[nH]c1C1CNC(O)C1. The third-order valence-corrected chi connectivity index (χ3v) is 4.02. The van der Waals surface area contributed by atoms with Crippen LogP contribution < -0.4 is 15.8 Å². The molecule has 1 aliphatic heterocycles. The summed E-state index contributed by atoms with van der Waals surface area (Å²) < 4.78 is 5.68. The maximum absolute atomic E-state index is 9.56. The van der Waals surface area contributed by atoms with Crippen LogP contribution in [0.5, 0.6) is 5.88 Å². The van der Waals surface area contributed by atoms with Crippen molar-refractivity contribution in [3.8, 4) is 11.9 Å². The van der Waals surface area contributed by atoms with Crippen molar-refractivity contribution in [1.82, 2.24) is 15.5 Å². The lowest BCUT2D eigenvalue weighted by atomic mass is 10.0. The average Bonchev–Trinajstić information content (AvgIpc) is 3.18. The van der Waals surface area contributed by atoms with Gasteiger partial charge in [-0.3, -0.25) is 10.4 Å². The van der Waals surface area contributed by atoms with Crippen LogP contribution in [0.4, 0.5) is 0 Å². The highest BCUT2D eigenvalue weighted by Gasteiger charge is 2.29. The van der Waals surface area contributed by atoms with Gasteiger partial charge in [0.15, 0.2) is 0 Å². The second-order valence-corrected chi connectivity index (χ2v) is 5.60. The van der Waals surface area contributed by atoms with E-state index in [0.717, 1.165) is 11.1 Å². The van der Waals surface area contributed by atoms with Crippen molar-refractivity contribution in [2.24, 2.45) is 5.73 Å². The Kier molecular flexibility index (Phi) is 4.57. The molecule has 0 radical (unpaired) electrons. The van der Waals surface area contributed by atoms with E-state index in [1.807, 2.05) is 24.3 Å². The van der Waals surface area contributed by atoms with Gasteiger partial charge in [-0.25, -0.2) is 0 Å². The second kappa shape index (κ2) is 6.79. The number of rotatable bonds is 5. The molecule has 1 aliphatic rings. The van der Waals surface area contributed by atoms with E-state index in [4.69, 9.17) is 10.5 Å². The Morgan fingerprint density at radius 3 is 2.70 bits per heavy atom. The molecule has 7 heteroatoms. The molecular weight excluding hydrogens is 294 g/mol. The van der Waals surface area contributed by atoms with E-state index < -0.39 is 6.23 Å². The average molecular weight is 313 g/mol. The first-order chi connectivity index (χ1) is 11.2. The molecule has 0 bridgehead atoms. The van der Waals surface area contributed by atoms with Crippen molar-refractivity contribution in [1.29, 1.82) is 5.26 Å². The Balaban J connectivity index is 1.70. The minimum absolute atomic E-state index is 0.0355. The number of benzene rings is 1. The van der Waals surface area contributed by atoms with E-state index in [2.05, 4.69) is 21.6 Å². The van der Waals surface area contributed by atoms with E-state index in [1.54, 1.807) is 0 Å². The predicted octanol–water partition coefficient (Wildman–Crippen LogP) is 0.714. The first-order valence-corrected chi connectivity index (χ1v) is 7.51. The molecule has 2 atom stereocenters. The molecule has 2 heterocycles. The monoisotopic (exact) mass is 313 g/mol. The number of nitrogens with zero attached hydrogens (tertiary/aromatic N) is 2. The molecule has 3 rings (SSSR count). The smallest absolute Gasteiger partial charge is 0.251 e. The van der Waals surface area contributed by atoms with Gasteiger partial charge < -0.3 is 15.6 Å². The number of nitriles is 1. The fourth-order valence-corrected chi connectivity index (χ4v) is 2.70. The summed E-state index contributed by atoms with van der Waals surface area (Å²) in [6.07, 6.45) is 0.0110. The zero-order chi connectivity index (χ0) is 16.2. The number of aliphatic hydroxyl groups is 1. The van der Waals surface area contributed by atoms with Crippen LogP contribution in [-0.2, 0) is 13.2 Å². The lowest BCUT2D eigenvalue weighted by molar-refractivity contribution is 0.159. The third-order valence-electron chi connectivity index (χ3n) is 4.02. The van der Waals surface area contributed by atoms with Gasteiger partial charge in [-0.1, -0.05) is 24.3 Å². The van der Waals surface area contributed by atoms with Crippen LogP contribution in [0, 0.1) is 11.3 Å². The molecule has 1 aromatic heterocycles. The van der Waals surface area contributed by atoms with Gasteiger partial charge in [-0.15, -0.1) is 5.10 Å². The standard InChI is InChI=1S/C16H19N5O2/c17-6-10-1-3-11(4-2-10)9-23-16-13(7-18)15(20-21-16)12-5-14(22)19-8-12/h1-4,12,14,19,22H,5-6,8-9,17H2,(H,20,21). The summed E-state index contributed by atoms with van der Waals surface area (Å²) in [5.74, 6) is 0.333. The zero-order valence-electron chi connectivity index (χ0n) is 12.6. The number of aliphatic hydroxyl groups excluding tert-OH is 1. The normalized spacial score (nSPS) is 20.4. The molecule has 2 aromatic rings. The summed E-state index contributed by atoms with van der Waals surface area (Å²) in [5, 5.41) is 28.9. The van der Waals surface area contributed by atoms with Crippen LogP contribution in [0.15, 0.2) is 24.3 Å². The summed E-state index contributed by atoms with van der Waals surface area (Å²) in [5.41, 5.74) is 8.73. The molecule has 0 saturated carbocycles. The Hall–Kier alpha value is -2.40. The number of aromatic nitrogens is 2. The minimum Gasteiger partial charge on any atom is -0.471 e. The number of hydrogen-bond acceptors (Lipinski definition) is 6. The number of hydrogen-bond donors (Lipinski definition) is 4. The van der Waals surface area contributed by atoms with E-state index in [1.165, 1.54) is 0 Å². The fourth-order valence-electron chi connectivity index (χ4n) is 2.70. The Morgan fingerprint density at radius 1 is 1.35 bits per heavy atom. The first kappa shape index (κ1) is 15.5. The van der Waals surface area contributed by atoms with Crippen LogP contribution in [0.1, 0.15) is 34.7 Å². The summed E-state index contributed by atoms with van der Waals surface area (Å²) in [4.78, 5) is 0. The van der Waals surface area contributed by atoms with Gasteiger partial charge >= 0.3 is 0 Å². The van der Waals surface area contributed by atoms with Crippen LogP contribution >= 0.6 is 0 Å². The fraction of sp³-hybridized carbons (Fsp3) is 0.375. The summed E-state index contributed by atoms with van der Waals surface area (Å²) >= 11 is 0. The molecule has 120 valence electrons. The molecule has 2 unspecified atom stereocenters. The van der Waals surface area contributed by atoms with Crippen LogP contribution in [-0.4, -0.2) is 28.1 Å². The molecule has 5 N–H and O–H groups in total. The zero-order valence-corrected chi connectivity index (χ0v) is 12.6. The molecular formula is C16H19N5O2. The van der Waals surface area contributed by atoms with Gasteiger partial charge in [0.05, 0.1) is 5.69 Å². The molecule has 0 spiro atoms. The van der Waals surface area contributed by atoms with Crippen LogP contribution in [0.2, 0.25) is 0 Å². The maximum atomic E-state index is 9.56. The highest BCUT2D eigenvalue weighted by Crippen LogP contribution is 2.30. The van der Waals surface area contributed by atoms with E-state index in [9.17, 15) is 10.4 Å². The van der Waals surface area contributed by atoms with E-state index in [-0.39, 0.29) is 5.92 Å². The Labute approximate surface area is 134 Å². The summed E-state index contributed by atoms with van der Waals surface area (Å²) in [6, 6.07) is 9.93. The lowest BCUT2D eigenvalue weighted by Crippen LogP contribution is -2.19. The van der Waals surface area contributed by atoms with Crippen LogP contribution in [0.3, 0.4) is 0 Å². The number of nitrogens with one attached hydrogen (secondary N) is 2. The molecule has 7 nitrogen and oxygen atoms in total. The third kappa shape index (κ3) is 3.35. The van der Waals surface area contributed by atoms with Gasteiger partial charge in [0.1, 0.15) is 24.5 Å². The van der Waals surface area contributed by atoms with Crippen molar-refractivity contribution in [3.63, 3.8) is 0 Å². The van der Waals surface area contributed by atoms with E-state index >= 15 is 0 Å². The number of nitrogens with two attached hydrogens (primary N) is 1. The molecule has 0 aliphatic carbocycles. The molecule has 1 aromatic carbocycles. The molecule has 1 saturated heterocycles. The Morgan fingerprint density at radius 2 is 2.09 bits per heavy atom. The molecule has 0 amide bonds. The summed E-state index contributed by atoms with van der Waals surface area (Å²) in [7, 11) is 0. The van der Waals surface area contributed by atoms with Gasteiger partial charge in [-0.05, 0) is 17.5 Å². The van der Waals surface area contributed by atoms with Gasteiger partial charge in [0, 0.05) is 19.0 Å². The summed E-state index contributed by atoms with van der Waals surface area (Å²) in [6.45, 7) is 1.44. The predicted molar refractivity (Wildman–Crippen MR) is 83.3 cm³/mol. The van der Waals surface area contributed by atoms with Crippen molar-refractivity contribution < 1.29 is 9.84 Å². The molecule has 1 fully saturated rings. The minimum atomic E-state index is -0.541. The van der Waals surface area contributed by atoms with Gasteiger partial charge in [-0.2, -0.15) is 5.26 Å². The highest BCUT2D eigenvalue weighted by atomic mass is 16.5. The van der Waals surface area contributed by atoms with Crippen molar-refractivity contribution in [2.45, 2.75) is 31.7 Å². The Bertz CT molecular complexity index is 704. The molecule has 23 heavy (non-hydrogen) atoms. The highest BCUT2D eigenvalue weighted by molar-refractivity contribution is 5.44. The van der Waals surface area contributed by atoms with Crippen molar-refractivity contribution in [3.05, 3.63) is 46.6 Å². The second-order valence-electron chi connectivity index (χ2n) is 5.60. The lowest BCUT2D eigenvalue weighted by Gasteiger charge is -2.06. The van der Waals surface area contributed by atoms with Gasteiger partial charge in [0.25, 0.3) is 5.88 Å². The van der Waals surface area contributed by atoms with Crippen LogP contribution in [0.25, 0.3) is 0 Å². The first-order valence-electron chi connectivity index (χ1n) is 7.51. The topological polar surface area (TPSA) is 120 Å². The quantitative estimate of drug-likeness (QED) is 0.645. The van der Waals surface area contributed by atoms with Gasteiger partial charge in [0.2, 0.25) is 0 Å². The van der Waals surface area contributed by atoms with Crippen molar-refractivity contribution in [2.75, 3.05) is 6.54 Å². The number of aromatic amines is 1. The largest absolute Gasteiger partial charge is 0.471 e. The van der Waals surface area contributed by atoms with Crippen molar-refractivity contribution >= 4 is 0 Å².